The Morgan fingerprint density at radius 2 is 0.640 bits per heavy atom. The molecular formula is C80H136NO8+. The fraction of sp³-hybridized carbons (Fsp3) is 0.688. The second-order valence-electron chi connectivity index (χ2n) is 25.2. The fourth-order valence-electron chi connectivity index (χ4n) is 9.86. The van der Waals surface area contributed by atoms with Crippen LogP contribution < -0.4 is 0 Å². The number of likely N-dealkylation sites (N-methyl/N-ethyl adjacent to an activating group) is 1. The number of unbranched alkanes of at least 4 members (excludes halogenated alkanes) is 29. The van der Waals surface area contributed by atoms with Crippen molar-refractivity contribution in [2.45, 2.75) is 309 Å². The normalized spacial score (nSPS) is 13.5. The van der Waals surface area contributed by atoms with Gasteiger partial charge in [0.05, 0.1) is 34.4 Å². The molecule has 9 nitrogen and oxygen atoms in total. The molecule has 0 aromatic heterocycles. The van der Waals surface area contributed by atoms with Crippen LogP contribution in [-0.4, -0.2) is 87.4 Å². The summed E-state index contributed by atoms with van der Waals surface area (Å²) in [4.78, 5) is 37.7. The third kappa shape index (κ3) is 70.7. The van der Waals surface area contributed by atoms with Gasteiger partial charge in [-0.05, 0) is 116 Å². The molecule has 0 radical (unpaired) electrons. The van der Waals surface area contributed by atoms with E-state index in [2.05, 4.69) is 148 Å². The minimum atomic E-state index is -1.52. The number of carboxylic acids is 1. The van der Waals surface area contributed by atoms with E-state index in [4.69, 9.17) is 18.9 Å². The van der Waals surface area contributed by atoms with E-state index in [9.17, 15) is 19.5 Å². The van der Waals surface area contributed by atoms with Gasteiger partial charge in [-0.3, -0.25) is 9.59 Å². The number of aliphatic carboxylic acids is 1. The third-order valence-electron chi connectivity index (χ3n) is 15.4. The molecule has 0 aliphatic carbocycles. The molecule has 0 fully saturated rings. The number of esters is 2. The molecule has 9 heteroatoms. The van der Waals surface area contributed by atoms with E-state index in [1.54, 1.807) is 0 Å². The second kappa shape index (κ2) is 69.3. The van der Waals surface area contributed by atoms with Crippen LogP contribution in [-0.2, 0) is 33.3 Å². The number of hydrogen-bond donors (Lipinski definition) is 1. The Morgan fingerprint density at radius 3 is 0.955 bits per heavy atom. The van der Waals surface area contributed by atoms with Crippen molar-refractivity contribution in [3.63, 3.8) is 0 Å². The predicted octanol–water partition coefficient (Wildman–Crippen LogP) is 22.9. The van der Waals surface area contributed by atoms with Gasteiger partial charge in [-0.2, -0.15) is 0 Å². The lowest BCUT2D eigenvalue weighted by Gasteiger charge is -2.25. The van der Waals surface area contributed by atoms with Crippen molar-refractivity contribution < 1.29 is 42.9 Å². The number of carbonyl (C=O) groups is 3. The average molecular weight is 1240 g/mol. The number of nitrogens with zero attached hydrogens (tertiary/aromatic N) is 1. The molecule has 0 saturated carbocycles. The van der Waals surface area contributed by atoms with Gasteiger partial charge < -0.3 is 28.5 Å². The van der Waals surface area contributed by atoms with Gasteiger partial charge in [0.1, 0.15) is 13.2 Å². The summed E-state index contributed by atoms with van der Waals surface area (Å²) in [6.45, 7) is 4.75. The number of hydrogen-bond acceptors (Lipinski definition) is 7. The Kier molecular flexibility index (Phi) is 65.8. The van der Waals surface area contributed by atoms with Crippen molar-refractivity contribution >= 4 is 17.9 Å². The second-order valence-corrected chi connectivity index (χ2v) is 25.2. The topological polar surface area (TPSA) is 108 Å². The molecule has 2 unspecified atom stereocenters. The Labute approximate surface area is 548 Å². The van der Waals surface area contributed by atoms with Crippen LogP contribution in [0.4, 0.5) is 0 Å². The minimum absolute atomic E-state index is 0.180. The predicted molar refractivity (Wildman–Crippen MR) is 382 cm³/mol. The van der Waals surface area contributed by atoms with Crippen LogP contribution >= 0.6 is 0 Å². The Hall–Kier alpha value is -4.57. The zero-order chi connectivity index (χ0) is 64.7. The summed E-state index contributed by atoms with van der Waals surface area (Å²) >= 11 is 0. The fourth-order valence-corrected chi connectivity index (χ4v) is 9.86. The molecule has 0 saturated heterocycles. The first-order valence-electron chi connectivity index (χ1n) is 36.3. The molecule has 0 aliphatic heterocycles. The lowest BCUT2D eigenvalue weighted by atomic mass is 10.0. The van der Waals surface area contributed by atoms with Gasteiger partial charge in [-0.15, -0.1) is 0 Å². The molecule has 0 aliphatic rings. The van der Waals surface area contributed by atoms with Crippen molar-refractivity contribution in [3.8, 4) is 0 Å². The molecule has 0 spiro atoms. The average Bonchev–Trinajstić information content (AvgIpc) is 3.64. The molecular weight excluding hydrogens is 1100 g/mol. The van der Waals surface area contributed by atoms with Gasteiger partial charge in [-0.1, -0.05) is 302 Å². The van der Waals surface area contributed by atoms with Gasteiger partial charge >= 0.3 is 17.9 Å². The highest BCUT2D eigenvalue weighted by molar-refractivity contribution is 5.71. The molecule has 1 N–H and O–H groups in total. The van der Waals surface area contributed by atoms with E-state index >= 15 is 0 Å². The molecule has 0 amide bonds. The van der Waals surface area contributed by atoms with Crippen LogP contribution in [0.1, 0.15) is 296 Å². The lowest BCUT2D eigenvalue weighted by Crippen LogP contribution is -2.40. The maximum atomic E-state index is 13.0. The Bertz CT molecular complexity index is 1930. The van der Waals surface area contributed by atoms with Gasteiger partial charge in [0.15, 0.2) is 6.10 Å². The van der Waals surface area contributed by atoms with E-state index in [0.717, 1.165) is 109 Å². The van der Waals surface area contributed by atoms with E-state index in [1.807, 2.05) is 21.1 Å². The summed E-state index contributed by atoms with van der Waals surface area (Å²) in [5, 5.41) is 9.76. The largest absolute Gasteiger partial charge is 0.477 e. The molecule has 0 aromatic carbocycles. The zero-order valence-electron chi connectivity index (χ0n) is 58.0. The van der Waals surface area contributed by atoms with Crippen molar-refractivity contribution in [3.05, 3.63) is 134 Å². The van der Waals surface area contributed by atoms with Gasteiger partial charge in [-0.25, -0.2) is 4.79 Å². The molecule has 89 heavy (non-hydrogen) atoms. The summed E-state index contributed by atoms with van der Waals surface area (Å²) in [7, 11) is 5.97. The van der Waals surface area contributed by atoms with Crippen molar-refractivity contribution in [2.24, 2.45) is 0 Å². The quantitative estimate of drug-likeness (QED) is 0.0211. The maximum Gasteiger partial charge on any atom is 0.361 e. The van der Waals surface area contributed by atoms with Crippen LogP contribution in [0.15, 0.2) is 134 Å². The Morgan fingerprint density at radius 1 is 0.348 bits per heavy atom. The molecule has 0 bridgehead atoms. The molecule has 0 rings (SSSR count). The van der Waals surface area contributed by atoms with Gasteiger partial charge in [0.2, 0.25) is 0 Å². The van der Waals surface area contributed by atoms with Crippen molar-refractivity contribution in [1.82, 2.24) is 0 Å². The van der Waals surface area contributed by atoms with Crippen LogP contribution in [0.25, 0.3) is 0 Å². The van der Waals surface area contributed by atoms with E-state index in [0.29, 0.717) is 23.9 Å². The van der Waals surface area contributed by atoms with Crippen molar-refractivity contribution in [1.29, 1.82) is 0 Å². The maximum absolute atomic E-state index is 13.0. The summed E-state index contributed by atoms with van der Waals surface area (Å²) in [6, 6.07) is 0. The van der Waals surface area contributed by atoms with Gasteiger partial charge in [0, 0.05) is 12.8 Å². The Balaban J connectivity index is 4.17. The highest BCUT2D eigenvalue weighted by atomic mass is 16.7. The van der Waals surface area contributed by atoms with E-state index in [-0.39, 0.29) is 32.2 Å². The number of ether oxygens (including phenoxy) is 4. The van der Waals surface area contributed by atoms with Crippen LogP contribution in [0.3, 0.4) is 0 Å². The van der Waals surface area contributed by atoms with Gasteiger partial charge in [0.25, 0.3) is 6.29 Å². The summed E-state index contributed by atoms with van der Waals surface area (Å²) in [5.74, 6) is -2.02. The summed E-state index contributed by atoms with van der Waals surface area (Å²) < 4.78 is 23.0. The first-order valence-corrected chi connectivity index (χ1v) is 36.3. The first-order chi connectivity index (χ1) is 43.6. The van der Waals surface area contributed by atoms with E-state index < -0.39 is 24.3 Å². The standard InChI is InChI=1S/C80H135NO8/c1-6-8-10-12-14-16-18-20-22-24-26-28-30-32-34-36-37-38-39-40-41-43-45-47-49-51-53-55-57-59-61-63-65-67-69-71-78(83)89-76(75-88-80(79(84)85)86-73-72-81(3,4)5)74-87-77(82)70-68-66-64-62-60-58-56-54-52-50-48-46-44-42-35-33-31-29-27-25-23-21-19-17-15-13-11-9-7-2/h8,10,14,16,19-22,25-28,32,34,37-38,40-41,45,47,51,53,76,80H,6-7,9,11-13,15,17-18,23-24,29-31,33,35-36,39,42-44,46,48-50,52,54-75H2,1-5H3/p+1/b10-8-,16-14-,21-19-,22-20-,27-25-,28-26-,34-32-,38-37-,41-40-,47-45-,53-51-. The SMILES string of the molecule is CC/C=C\C/C=C\C/C=C\C/C=C\C/C=C\C/C=C\C/C=C\C/C=C\C/C=C\CCCCCCCCCC(=O)OC(COC(=O)CCCCCCCCCCCCCCCCCCC/C=C\C/C=C\CCCCCCC)COC(OCC[N+](C)(C)C)C(=O)O. The number of allylic oxidation sites excluding steroid dienone is 22. The smallest absolute Gasteiger partial charge is 0.361 e. The van der Waals surface area contributed by atoms with Crippen LogP contribution in [0.2, 0.25) is 0 Å². The molecule has 508 valence electrons. The lowest BCUT2D eigenvalue weighted by molar-refractivity contribution is -0.870. The number of carbonyl (C=O) groups excluding carboxylic acids is 2. The number of carboxylic acid groups (broad SMARTS) is 1. The minimum Gasteiger partial charge on any atom is -0.477 e. The van der Waals surface area contributed by atoms with E-state index in [1.165, 1.54) is 154 Å². The molecule has 2 atom stereocenters. The number of rotatable bonds is 66. The highest BCUT2D eigenvalue weighted by Gasteiger charge is 2.25. The monoisotopic (exact) mass is 1240 g/mol. The van der Waals surface area contributed by atoms with Crippen LogP contribution in [0, 0.1) is 0 Å². The summed E-state index contributed by atoms with van der Waals surface area (Å²) in [5.41, 5.74) is 0. The molecule has 0 aromatic rings. The first kappa shape index (κ1) is 84.4. The van der Waals surface area contributed by atoms with Crippen LogP contribution in [0.5, 0.6) is 0 Å². The summed E-state index contributed by atoms with van der Waals surface area (Å²) in [6.07, 6.45) is 97.1. The highest BCUT2D eigenvalue weighted by Crippen LogP contribution is 2.17. The molecule has 0 heterocycles. The van der Waals surface area contributed by atoms with Crippen molar-refractivity contribution in [2.75, 3.05) is 47.5 Å². The number of quaternary nitrogens is 1. The zero-order valence-corrected chi connectivity index (χ0v) is 58.0. The third-order valence-corrected chi connectivity index (χ3v) is 15.4.